The molecule has 0 unspecified atom stereocenters. The van der Waals surface area contributed by atoms with Gasteiger partial charge in [-0.25, -0.2) is 0 Å². The van der Waals surface area contributed by atoms with Crippen LogP contribution < -0.4 is 10.1 Å². The molecule has 1 aromatic rings. The van der Waals surface area contributed by atoms with E-state index in [9.17, 15) is 18.0 Å². The summed E-state index contributed by atoms with van der Waals surface area (Å²) in [5.41, 5.74) is 0. The minimum atomic E-state index is -3.88. The minimum Gasteiger partial charge on any atom is -0.481 e. The molecule has 170 valence electrons. The number of aliphatic carboxylic acids is 1. The first-order chi connectivity index (χ1) is 14.2. The molecule has 0 aliphatic rings. The highest BCUT2D eigenvalue weighted by molar-refractivity contribution is 7.99. The van der Waals surface area contributed by atoms with E-state index in [1.807, 2.05) is 0 Å². The Balaban J connectivity index is 2.37. The number of carboxylic acids is 1. The maximum Gasteiger partial charge on any atom is 0.303 e. The highest BCUT2D eigenvalue weighted by Gasteiger charge is 2.11. The summed E-state index contributed by atoms with van der Waals surface area (Å²) < 4.78 is 35.0. The van der Waals surface area contributed by atoms with Crippen molar-refractivity contribution in [2.24, 2.45) is 0 Å². The second kappa shape index (κ2) is 14.2. The van der Waals surface area contributed by atoms with Crippen LogP contribution in [0.1, 0.15) is 57.8 Å². The largest absolute Gasteiger partial charge is 0.481 e. The van der Waals surface area contributed by atoms with E-state index in [1.165, 1.54) is 18.9 Å². The molecule has 1 aromatic heterocycles. The molecule has 1 rings (SSSR count). The summed E-state index contributed by atoms with van der Waals surface area (Å²) in [5.74, 6) is 0.181. The average Bonchev–Trinajstić information content (AvgIpc) is 2.67. The zero-order chi connectivity index (χ0) is 22.4. The number of nitrogens with one attached hydrogen (secondary N) is 1. The van der Waals surface area contributed by atoms with Crippen LogP contribution in [0.4, 0.5) is 5.82 Å². The van der Waals surface area contributed by atoms with E-state index in [-0.39, 0.29) is 18.1 Å². The fourth-order valence-corrected chi connectivity index (χ4v) is 4.10. The first kappa shape index (κ1) is 26.2. The van der Waals surface area contributed by atoms with Crippen molar-refractivity contribution in [2.75, 3.05) is 23.9 Å². The van der Waals surface area contributed by atoms with Crippen LogP contribution in [0.25, 0.3) is 0 Å². The van der Waals surface area contributed by atoms with Crippen LogP contribution in [0.3, 0.4) is 0 Å². The van der Waals surface area contributed by atoms with Crippen molar-refractivity contribution in [3.05, 3.63) is 12.1 Å². The van der Waals surface area contributed by atoms with E-state index in [1.54, 1.807) is 12.1 Å². The SMILES string of the molecule is COc1ccc(SCCCC(=O)O)c(NC(=O)CCCCCCCCS(=O)(=O)O)n1. The van der Waals surface area contributed by atoms with Crippen LogP contribution in [0.15, 0.2) is 17.0 Å². The summed E-state index contributed by atoms with van der Waals surface area (Å²) in [7, 11) is -2.39. The second-order valence-electron chi connectivity index (χ2n) is 6.75. The molecule has 0 spiro atoms. The van der Waals surface area contributed by atoms with E-state index in [0.717, 1.165) is 30.6 Å². The molecule has 0 aromatic carbocycles. The normalized spacial score (nSPS) is 11.3. The number of rotatable bonds is 16. The predicted molar refractivity (Wildman–Crippen MR) is 116 cm³/mol. The molecule has 9 nitrogen and oxygen atoms in total. The number of hydrogen-bond donors (Lipinski definition) is 3. The van der Waals surface area contributed by atoms with Crippen LogP contribution in [0.5, 0.6) is 5.88 Å². The highest BCUT2D eigenvalue weighted by atomic mass is 32.2. The molecule has 0 saturated carbocycles. The Morgan fingerprint density at radius 1 is 1.07 bits per heavy atom. The molecule has 0 saturated heterocycles. The fraction of sp³-hybridized carbons (Fsp3) is 0.632. The van der Waals surface area contributed by atoms with Gasteiger partial charge in [-0.2, -0.15) is 13.4 Å². The number of hydrogen-bond acceptors (Lipinski definition) is 7. The molecular formula is C19H30N2O7S2. The lowest BCUT2D eigenvalue weighted by Crippen LogP contribution is -2.13. The Bertz CT molecular complexity index is 785. The number of carbonyl (C=O) groups is 2. The number of methoxy groups -OCH3 is 1. The van der Waals surface area contributed by atoms with E-state index in [4.69, 9.17) is 14.4 Å². The summed E-state index contributed by atoms with van der Waals surface area (Å²) in [5, 5.41) is 11.5. The number of thioether (sulfide) groups is 1. The number of ether oxygens (including phenoxy) is 1. The van der Waals surface area contributed by atoms with Crippen LogP contribution in [-0.2, 0) is 19.7 Å². The van der Waals surface area contributed by atoms with Crippen molar-refractivity contribution in [2.45, 2.75) is 62.7 Å². The summed E-state index contributed by atoms with van der Waals surface area (Å²) in [4.78, 5) is 27.9. The molecule has 0 radical (unpaired) electrons. The second-order valence-corrected chi connectivity index (χ2v) is 9.46. The molecule has 0 aliphatic heterocycles. The van der Waals surface area contributed by atoms with E-state index < -0.39 is 16.1 Å². The third-order valence-electron chi connectivity index (χ3n) is 4.15. The monoisotopic (exact) mass is 462 g/mol. The topological polar surface area (TPSA) is 143 Å². The van der Waals surface area contributed by atoms with Gasteiger partial charge >= 0.3 is 5.97 Å². The first-order valence-electron chi connectivity index (χ1n) is 9.86. The van der Waals surface area contributed by atoms with Crippen LogP contribution in [-0.4, -0.2) is 53.6 Å². The van der Waals surface area contributed by atoms with Crippen LogP contribution >= 0.6 is 11.8 Å². The van der Waals surface area contributed by atoms with E-state index in [0.29, 0.717) is 43.1 Å². The van der Waals surface area contributed by atoms with Gasteiger partial charge in [0.15, 0.2) is 0 Å². The lowest BCUT2D eigenvalue weighted by Gasteiger charge is -2.11. The van der Waals surface area contributed by atoms with Gasteiger partial charge in [-0.3, -0.25) is 14.1 Å². The van der Waals surface area contributed by atoms with Crippen molar-refractivity contribution in [3.8, 4) is 5.88 Å². The summed E-state index contributed by atoms with van der Waals surface area (Å²) in [6.45, 7) is 0. The molecule has 1 amide bonds. The third-order valence-corrected chi connectivity index (χ3v) is 6.09. The Morgan fingerprint density at radius 3 is 2.37 bits per heavy atom. The zero-order valence-corrected chi connectivity index (χ0v) is 18.8. The Hall–Kier alpha value is -1.85. The van der Waals surface area contributed by atoms with Crippen molar-refractivity contribution in [1.29, 1.82) is 0 Å². The smallest absolute Gasteiger partial charge is 0.303 e. The number of anilines is 1. The van der Waals surface area contributed by atoms with Crippen molar-refractivity contribution in [3.63, 3.8) is 0 Å². The average molecular weight is 463 g/mol. The van der Waals surface area contributed by atoms with Gasteiger partial charge in [-0.1, -0.05) is 25.7 Å². The van der Waals surface area contributed by atoms with Gasteiger partial charge in [0.2, 0.25) is 11.8 Å². The summed E-state index contributed by atoms with van der Waals surface area (Å²) in [6.07, 6.45) is 5.41. The zero-order valence-electron chi connectivity index (χ0n) is 17.1. The van der Waals surface area contributed by atoms with Crippen molar-refractivity contribution < 1.29 is 32.4 Å². The number of carboxylic acid groups (broad SMARTS) is 1. The summed E-state index contributed by atoms with van der Waals surface area (Å²) in [6, 6.07) is 3.48. The molecule has 3 N–H and O–H groups in total. The number of unbranched alkanes of at least 4 members (excludes halogenated alkanes) is 5. The van der Waals surface area contributed by atoms with Gasteiger partial charge in [-0.05, 0) is 31.1 Å². The Morgan fingerprint density at radius 2 is 1.73 bits per heavy atom. The number of nitrogens with zero attached hydrogens (tertiary/aromatic N) is 1. The van der Waals surface area contributed by atoms with Crippen molar-refractivity contribution in [1.82, 2.24) is 4.98 Å². The predicted octanol–water partition coefficient (Wildman–Crippen LogP) is 3.60. The molecule has 0 atom stereocenters. The Labute approximate surface area is 181 Å². The molecule has 0 aliphatic carbocycles. The molecule has 1 heterocycles. The van der Waals surface area contributed by atoms with Crippen LogP contribution in [0, 0.1) is 0 Å². The van der Waals surface area contributed by atoms with Gasteiger partial charge in [-0.15, -0.1) is 11.8 Å². The van der Waals surface area contributed by atoms with Crippen LogP contribution in [0.2, 0.25) is 0 Å². The minimum absolute atomic E-state index is 0.0914. The number of amides is 1. The maximum atomic E-state index is 12.3. The first-order valence-corrected chi connectivity index (χ1v) is 12.5. The van der Waals surface area contributed by atoms with Gasteiger partial charge in [0, 0.05) is 18.9 Å². The number of pyridine rings is 1. The number of aromatic nitrogens is 1. The standard InChI is InChI=1S/C19H30N2O7S2/c1-28-17-12-11-15(29-13-8-10-18(23)24)19(21-17)20-16(22)9-6-4-2-3-5-7-14-30(25,26)27/h11-12H,2-10,13-14H2,1H3,(H,23,24)(H,20,21,22)(H,25,26,27). The molecule has 30 heavy (non-hydrogen) atoms. The number of carbonyl (C=O) groups excluding carboxylic acids is 1. The quantitative estimate of drug-likeness (QED) is 0.191. The van der Waals surface area contributed by atoms with E-state index in [2.05, 4.69) is 10.3 Å². The lowest BCUT2D eigenvalue weighted by atomic mass is 10.1. The maximum absolute atomic E-state index is 12.3. The lowest BCUT2D eigenvalue weighted by molar-refractivity contribution is -0.137. The van der Waals surface area contributed by atoms with Gasteiger partial charge < -0.3 is 15.2 Å². The third kappa shape index (κ3) is 12.7. The fourth-order valence-electron chi connectivity index (χ4n) is 2.63. The van der Waals surface area contributed by atoms with Gasteiger partial charge in [0.25, 0.3) is 10.1 Å². The molecule has 11 heteroatoms. The van der Waals surface area contributed by atoms with Gasteiger partial charge in [0.05, 0.1) is 17.8 Å². The summed E-state index contributed by atoms with van der Waals surface area (Å²) >= 11 is 1.43. The molecule has 0 bridgehead atoms. The molecular weight excluding hydrogens is 432 g/mol. The molecule has 0 fully saturated rings. The highest BCUT2D eigenvalue weighted by Crippen LogP contribution is 2.29. The Kier molecular flexibility index (Phi) is 12.4. The van der Waals surface area contributed by atoms with E-state index >= 15 is 0 Å². The van der Waals surface area contributed by atoms with Crippen molar-refractivity contribution >= 4 is 39.6 Å². The van der Waals surface area contributed by atoms with Gasteiger partial charge in [0.1, 0.15) is 5.82 Å².